The number of hydrogen-bond acceptors (Lipinski definition) is 6. The standard InChI is InChI=1S/C14H25N5O3/c1-2-4-9(20)5-3-6-10(15)11-7-13(22-19-11)12(21)8-18-14(16)17/h7,10,12,21H,2-6,8,15H2,1H3,(H4,16,17,18)/t10-,12+/m0/s1. The molecule has 124 valence electrons. The van der Waals surface area contributed by atoms with Crippen LogP contribution in [0.15, 0.2) is 15.6 Å². The van der Waals surface area contributed by atoms with Crippen LogP contribution in [0.3, 0.4) is 0 Å². The number of ketones is 1. The lowest BCUT2D eigenvalue weighted by Gasteiger charge is -2.07. The van der Waals surface area contributed by atoms with Gasteiger partial charge in [-0.15, -0.1) is 0 Å². The van der Waals surface area contributed by atoms with Crippen molar-refractivity contribution in [1.29, 1.82) is 0 Å². The number of aliphatic hydroxyl groups excluding tert-OH is 1. The fraction of sp³-hybridized carbons (Fsp3) is 0.643. The fourth-order valence-electron chi connectivity index (χ4n) is 1.99. The number of hydrogen-bond donors (Lipinski definition) is 4. The molecule has 0 saturated heterocycles. The average molecular weight is 311 g/mol. The van der Waals surface area contributed by atoms with Crippen molar-refractivity contribution in [2.45, 2.75) is 51.2 Å². The van der Waals surface area contributed by atoms with Crippen LogP contribution < -0.4 is 17.2 Å². The van der Waals surface area contributed by atoms with E-state index in [9.17, 15) is 9.90 Å². The second kappa shape index (κ2) is 9.16. The average Bonchev–Trinajstić information content (AvgIpc) is 2.94. The number of nitrogens with two attached hydrogens (primary N) is 3. The summed E-state index contributed by atoms with van der Waals surface area (Å²) in [6.07, 6.45) is 2.37. The SMILES string of the molecule is CCCC(=O)CCC[C@H](N)c1cc([C@H](O)CN=C(N)N)on1. The Balaban J connectivity index is 2.45. The molecule has 1 aromatic heterocycles. The van der Waals surface area contributed by atoms with E-state index >= 15 is 0 Å². The fourth-order valence-corrected chi connectivity index (χ4v) is 1.99. The highest BCUT2D eigenvalue weighted by Gasteiger charge is 2.17. The van der Waals surface area contributed by atoms with E-state index in [0.29, 0.717) is 31.4 Å². The van der Waals surface area contributed by atoms with Crippen molar-refractivity contribution in [2.24, 2.45) is 22.2 Å². The van der Waals surface area contributed by atoms with Crippen LogP contribution in [-0.2, 0) is 4.79 Å². The summed E-state index contributed by atoms with van der Waals surface area (Å²) in [6, 6.07) is 1.26. The Kier molecular flexibility index (Phi) is 7.55. The molecule has 1 heterocycles. The van der Waals surface area contributed by atoms with E-state index in [1.807, 2.05) is 6.92 Å². The van der Waals surface area contributed by atoms with Crippen LogP contribution in [0.1, 0.15) is 62.6 Å². The van der Waals surface area contributed by atoms with Gasteiger partial charge in [-0.05, 0) is 19.3 Å². The Labute approximate surface area is 129 Å². The number of rotatable bonds is 10. The summed E-state index contributed by atoms with van der Waals surface area (Å²) in [5.74, 6) is 0.410. The number of nitrogens with zero attached hydrogens (tertiary/aromatic N) is 2. The van der Waals surface area contributed by atoms with Gasteiger partial charge in [0.25, 0.3) is 0 Å². The zero-order chi connectivity index (χ0) is 16.5. The zero-order valence-corrected chi connectivity index (χ0v) is 12.9. The van der Waals surface area contributed by atoms with E-state index in [-0.39, 0.29) is 30.1 Å². The van der Waals surface area contributed by atoms with Gasteiger partial charge in [-0.3, -0.25) is 9.79 Å². The van der Waals surface area contributed by atoms with Gasteiger partial charge in [0.05, 0.1) is 12.6 Å². The monoisotopic (exact) mass is 311 g/mol. The highest BCUT2D eigenvalue weighted by molar-refractivity contribution is 5.78. The number of aliphatic imine (C=N–C) groups is 1. The summed E-state index contributed by atoms with van der Waals surface area (Å²) in [5, 5.41) is 13.7. The predicted octanol–water partition coefficient (Wildman–Crippen LogP) is 0.521. The molecule has 0 aliphatic carbocycles. The first-order chi connectivity index (χ1) is 10.4. The van der Waals surface area contributed by atoms with E-state index in [1.54, 1.807) is 6.07 Å². The molecule has 8 heteroatoms. The van der Waals surface area contributed by atoms with Gasteiger partial charge >= 0.3 is 0 Å². The summed E-state index contributed by atoms with van der Waals surface area (Å²) in [5.41, 5.74) is 16.9. The van der Waals surface area contributed by atoms with Gasteiger partial charge in [-0.25, -0.2) is 0 Å². The third kappa shape index (κ3) is 6.23. The van der Waals surface area contributed by atoms with Crippen molar-refractivity contribution in [3.05, 3.63) is 17.5 Å². The third-order valence-electron chi connectivity index (χ3n) is 3.20. The second-order valence-corrected chi connectivity index (χ2v) is 5.22. The molecule has 0 aliphatic rings. The highest BCUT2D eigenvalue weighted by Crippen LogP contribution is 2.21. The van der Waals surface area contributed by atoms with E-state index < -0.39 is 6.10 Å². The van der Waals surface area contributed by atoms with Gasteiger partial charge in [-0.1, -0.05) is 12.1 Å². The van der Waals surface area contributed by atoms with Crippen molar-refractivity contribution < 1.29 is 14.4 Å². The molecule has 8 nitrogen and oxygen atoms in total. The van der Waals surface area contributed by atoms with Crippen molar-refractivity contribution in [3.8, 4) is 0 Å². The molecule has 0 saturated carbocycles. The van der Waals surface area contributed by atoms with Crippen LogP contribution in [0.2, 0.25) is 0 Å². The Morgan fingerprint density at radius 2 is 2.18 bits per heavy atom. The second-order valence-electron chi connectivity index (χ2n) is 5.22. The molecule has 1 aromatic rings. The molecule has 0 bridgehead atoms. The van der Waals surface area contributed by atoms with Crippen molar-refractivity contribution >= 4 is 11.7 Å². The van der Waals surface area contributed by atoms with Crippen molar-refractivity contribution in [2.75, 3.05) is 6.54 Å². The van der Waals surface area contributed by atoms with Crippen molar-refractivity contribution in [1.82, 2.24) is 5.16 Å². The quantitative estimate of drug-likeness (QED) is 0.363. The summed E-state index contributed by atoms with van der Waals surface area (Å²) >= 11 is 0. The van der Waals surface area contributed by atoms with Crippen LogP contribution in [0.25, 0.3) is 0 Å². The van der Waals surface area contributed by atoms with Gasteiger partial charge in [0.1, 0.15) is 17.6 Å². The normalized spacial score (nSPS) is 13.6. The van der Waals surface area contributed by atoms with Crippen molar-refractivity contribution in [3.63, 3.8) is 0 Å². The molecule has 2 atom stereocenters. The number of carbonyl (C=O) groups excluding carboxylic acids is 1. The van der Waals surface area contributed by atoms with Crippen LogP contribution >= 0.6 is 0 Å². The number of Topliss-reactive ketones (excluding diaryl/α,β-unsaturated/α-hetero) is 1. The van der Waals surface area contributed by atoms with E-state index in [2.05, 4.69) is 10.1 Å². The van der Waals surface area contributed by atoms with Crippen LogP contribution in [0.5, 0.6) is 0 Å². The molecular weight excluding hydrogens is 286 g/mol. The molecule has 1 rings (SSSR count). The Morgan fingerprint density at radius 3 is 2.82 bits per heavy atom. The zero-order valence-electron chi connectivity index (χ0n) is 12.9. The first kappa shape index (κ1) is 18.1. The molecule has 0 amide bonds. The van der Waals surface area contributed by atoms with Gasteiger partial charge in [-0.2, -0.15) is 0 Å². The first-order valence-corrected chi connectivity index (χ1v) is 7.41. The minimum absolute atomic E-state index is 0.00226. The molecular formula is C14H25N5O3. The van der Waals surface area contributed by atoms with Gasteiger partial charge in [0, 0.05) is 18.9 Å². The van der Waals surface area contributed by atoms with Gasteiger partial charge < -0.3 is 26.8 Å². The maximum Gasteiger partial charge on any atom is 0.186 e. The molecule has 7 N–H and O–H groups in total. The molecule has 0 unspecified atom stereocenters. The maximum atomic E-state index is 11.4. The Bertz CT molecular complexity index is 496. The summed E-state index contributed by atoms with van der Waals surface area (Å²) in [7, 11) is 0. The van der Waals surface area contributed by atoms with E-state index in [1.165, 1.54) is 0 Å². The lowest BCUT2D eigenvalue weighted by molar-refractivity contribution is -0.119. The minimum Gasteiger partial charge on any atom is -0.383 e. The summed E-state index contributed by atoms with van der Waals surface area (Å²) in [6.45, 7) is 1.98. The summed E-state index contributed by atoms with van der Waals surface area (Å²) in [4.78, 5) is 15.1. The lowest BCUT2D eigenvalue weighted by Crippen LogP contribution is -2.23. The topological polar surface area (TPSA) is 154 Å². The predicted molar refractivity (Wildman–Crippen MR) is 82.8 cm³/mol. The largest absolute Gasteiger partial charge is 0.383 e. The maximum absolute atomic E-state index is 11.4. The minimum atomic E-state index is -0.971. The van der Waals surface area contributed by atoms with Crippen LogP contribution in [0.4, 0.5) is 0 Å². The summed E-state index contributed by atoms with van der Waals surface area (Å²) < 4.78 is 5.05. The van der Waals surface area contributed by atoms with Crippen LogP contribution in [0, 0.1) is 0 Å². The molecule has 0 aliphatic heterocycles. The number of aliphatic hydroxyl groups is 1. The molecule has 0 fully saturated rings. The molecule has 0 aromatic carbocycles. The van der Waals surface area contributed by atoms with E-state index in [4.69, 9.17) is 21.7 Å². The lowest BCUT2D eigenvalue weighted by atomic mass is 10.0. The Hall–Kier alpha value is -1.93. The highest BCUT2D eigenvalue weighted by atomic mass is 16.5. The molecule has 22 heavy (non-hydrogen) atoms. The number of guanidine groups is 1. The third-order valence-corrected chi connectivity index (χ3v) is 3.20. The van der Waals surface area contributed by atoms with Crippen LogP contribution in [-0.4, -0.2) is 28.6 Å². The van der Waals surface area contributed by atoms with Gasteiger partial charge in [0.15, 0.2) is 11.7 Å². The smallest absolute Gasteiger partial charge is 0.186 e. The molecule has 0 radical (unpaired) electrons. The molecule has 0 spiro atoms. The van der Waals surface area contributed by atoms with Gasteiger partial charge in [0.2, 0.25) is 0 Å². The first-order valence-electron chi connectivity index (χ1n) is 7.41. The number of carbonyl (C=O) groups is 1. The van der Waals surface area contributed by atoms with E-state index in [0.717, 1.165) is 6.42 Å². The Morgan fingerprint density at radius 1 is 1.45 bits per heavy atom. The number of aromatic nitrogens is 1.